The van der Waals surface area contributed by atoms with E-state index in [1.165, 1.54) is 7.11 Å². The largest absolute Gasteiger partial charge is 0.493 e. The van der Waals surface area contributed by atoms with Gasteiger partial charge in [0.05, 0.1) is 23.0 Å². The normalized spacial score (nSPS) is 10.7. The minimum atomic E-state index is -0.373. The number of carbonyl (C=O) groups excluding carboxylic acids is 1. The van der Waals surface area contributed by atoms with E-state index in [1.807, 2.05) is 60.7 Å². The van der Waals surface area contributed by atoms with Gasteiger partial charge in [-0.15, -0.1) is 11.3 Å². The number of anilines is 1. The van der Waals surface area contributed by atoms with Crippen molar-refractivity contribution in [2.45, 2.75) is 6.61 Å². The third-order valence-electron chi connectivity index (χ3n) is 5.66. The van der Waals surface area contributed by atoms with Crippen LogP contribution in [-0.4, -0.2) is 23.1 Å². The van der Waals surface area contributed by atoms with Crippen molar-refractivity contribution in [3.8, 4) is 22.1 Å². The number of halogens is 1. The van der Waals surface area contributed by atoms with Crippen molar-refractivity contribution in [2.75, 3.05) is 12.4 Å². The molecule has 5 aromatic rings. The highest BCUT2D eigenvalue weighted by Gasteiger charge is 2.15. The van der Waals surface area contributed by atoms with E-state index in [9.17, 15) is 4.79 Å². The molecule has 1 amide bonds. The molecule has 0 fully saturated rings. The predicted molar refractivity (Wildman–Crippen MR) is 158 cm³/mol. The second kappa shape index (κ2) is 11.6. The van der Waals surface area contributed by atoms with Crippen LogP contribution in [0.25, 0.3) is 20.8 Å². The first-order valence-electron chi connectivity index (χ1n) is 11.6. The van der Waals surface area contributed by atoms with E-state index in [2.05, 4.69) is 10.6 Å². The molecule has 2 N–H and O–H groups in total. The number of amides is 1. The smallest absolute Gasteiger partial charge is 0.257 e. The lowest BCUT2D eigenvalue weighted by Crippen LogP contribution is -2.34. The zero-order chi connectivity index (χ0) is 26.5. The van der Waals surface area contributed by atoms with Crippen LogP contribution in [0.15, 0.2) is 91.0 Å². The van der Waals surface area contributed by atoms with Gasteiger partial charge in [-0.3, -0.25) is 10.1 Å². The van der Waals surface area contributed by atoms with E-state index >= 15 is 0 Å². The van der Waals surface area contributed by atoms with E-state index in [0.29, 0.717) is 28.7 Å². The fourth-order valence-corrected chi connectivity index (χ4v) is 5.10. The Morgan fingerprint density at radius 2 is 1.74 bits per heavy atom. The minimum Gasteiger partial charge on any atom is -0.493 e. The number of hydrogen-bond donors (Lipinski definition) is 2. The van der Waals surface area contributed by atoms with Crippen LogP contribution in [0.4, 0.5) is 5.69 Å². The minimum absolute atomic E-state index is 0.172. The Hall–Kier alpha value is -3.98. The van der Waals surface area contributed by atoms with E-state index in [1.54, 1.807) is 41.7 Å². The molecule has 4 aromatic carbocycles. The lowest BCUT2D eigenvalue weighted by molar-refractivity contribution is 0.0977. The number of thiocarbonyl (C=S) groups is 1. The molecule has 0 bridgehead atoms. The number of carbonyl (C=O) groups is 1. The van der Waals surface area contributed by atoms with Crippen LogP contribution in [0.5, 0.6) is 11.5 Å². The molecule has 38 heavy (non-hydrogen) atoms. The monoisotopic (exact) mass is 559 g/mol. The fraction of sp³-hybridized carbons (Fsp3) is 0.0690. The molecule has 1 heterocycles. The van der Waals surface area contributed by atoms with Crippen LogP contribution in [0.3, 0.4) is 0 Å². The summed E-state index contributed by atoms with van der Waals surface area (Å²) in [6, 6.07) is 28.1. The van der Waals surface area contributed by atoms with Crippen molar-refractivity contribution in [2.24, 2.45) is 0 Å². The quantitative estimate of drug-likeness (QED) is 0.203. The van der Waals surface area contributed by atoms with Gasteiger partial charge in [-0.2, -0.15) is 0 Å². The Morgan fingerprint density at radius 1 is 0.974 bits per heavy atom. The highest BCUT2D eigenvalue weighted by Crippen LogP contribution is 2.34. The number of aromatic nitrogens is 1. The number of nitrogens with one attached hydrogen (secondary N) is 2. The molecule has 0 saturated heterocycles. The predicted octanol–water partition coefficient (Wildman–Crippen LogP) is 7.33. The molecular weight excluding hydrogens is 538 g/mol. The number of para-hydroxylation sites is 2. The van der Waals surface area contributed by atoms with Gasteiger partial charge in [0.15, 0.2) is 16.6 Å². The van der Waals surface area contributed by atoms with Gasteiger partial charge in [0.25, 0.3) is 5.91 Å². The highest BCUT2D eigenvalue weighted by atomic mass is 35.5. The maximum absolute atomic E-state index is 13.0. The number of fused-ring (bicyclic) bond motifs is 1. The zero-order valence-electron chi connectivity index (χ0n) is 20.2. The van der Waals surface area contributed by atoms with Crippen molar-refractivity contribution in [1.82, 2.24) is 10.3 Å². The van der Waals surface area contributed by atoms with Crippen molar-refractivity contribution in [3.63, 3.8) is 0 Å². The first kappa shape index (κ1) is 25.7. The van der Waals surface area contributed by atoms with Crippen molar-refractivity contribution in [3.05, 3.63) is 107 Å². The van der Waals surface area contributed by atoms with Gasteiger partial charge in [0.1, 0.15) is 11.6 Å². The number of thiazole rings is 1. The molecule has 1 aromatic heterocycles. The van der Waals surface area contributed by atoms with Crippen LogP contribution >= 0.6 is 35.2 Å². The molecule has 0 aliphatic carbocycles. The summed E-state index contributed by atoms with van der Waals surface area (Å²) < 4.78 is 12.4. The van der Waals surface area contributed by atoms with Gasteiger partial charge < -0.3 is 14.8 Å². The molecule has 0 unspecified atom stereocenters. The van der Waals surface area contributed by atoms with Crippen molar-refractivity contribution < 1.29 is 14.3 Å². The molecule has 5 rings (SSSR count). The van der Waals surface area contributed by atoms with Crippen LogP contribution in [-0.2, 0) is 6.61 Å². The van der Waals surface area contributed by atoms with Crippen LogP contribution in [0.1, 0.15) is 15.9 Å². The van der Waals surface area contributed by atoms with Gasteiger partial charge >= 0.3 is 0 Å². The summed E-state index contributed by atoms with van der Waals surface area (Å²) >= 11 is 13.0. The Morgan fingerprint density at radius 3 is 2.53 bits per heavy atom. The number of ether oxygens (including phenoxy) is 2. The zero-order valence-corrected chi connectivity index (χ0v) is 22.6. The third-order valence-corrected chi connectivity index (χ3v) is 7.19. The number of nitrogens with zero attached hydrogens (tertiary/aromatic N) is 1. The first-order valence-corrected chi connectivity index (χ1v) is 13.2. The molecule has 0 aliphatic heterocycles. The van der Waals surface area contributed by atoms with Gasteiger partial charge in [0, 0.05) is 16.1 Å². The first-order chi connectivity index (χ1) is 18.5. The molecule has 0 atom stereocenters. The average Bonchev–Trinajstić information content (AvgIpc) is 3.37. The Kier molecular flexibility index (Phi) is 7.83. The molecular formula is C29H22ClN3O3S2. The molecule has 0 saturated carbocycles. The summed E-state index contributed by atoms with van der Waals surface area (Å²) in [4.78, 5) is 17.7. The number of hydrogen-bond acceptors (Lipinski definition) is 6. The van der Waals surface area contributed by atoms with Gasteiger partial charge in [-0.25, -0.2) is 4.98 Å². The highest BCUT2D eigenvalue weighted by molar-refractivity contribution is 7.80. The third kappa shape index (κ3) is 5.94. The standard InChI is InChI=1S/C29H22ClN3O3S2/c1-35-25-16-19(12-15-24(25)36-17-18-10-13-20(30)14-11-18)27(34)33-29(37)32-22-7-3-2-6-21(22)28-31-23-8-4-5-9-26(23)38-28/h2-16H,17H2,1H3,(H2,32,33,34,37). The van der Waals surface area contributed by atoms with Crippen LogP contribution < -0.4 is 20.1 Å². The molecule has 0 spiro atoms. The van der Waals surface area contributed by atoms with Gasteiger partial charge in [-0.05, 0) is 72.4 Å². The Bertz CT molecular complexity index is 1590. The summed E-state index contributed by atoms with van der Waals surface area (Å²) in [7, 11) is 1.53. The van der Waals surface area contributed by atoms with Gasteiger partial charge in [-0.1, -0.05) is 48.0 Å². The van der Waals surface area contributed by atoms with Crippen LogP contribution in [0, 0.1) is 0 Å². The summed E-state index contributed by atoms with van der Waals surface area (Å²) in [6.45, 7) is 0.334. The summed E-state index contributed by atoms with van der Waals surface area (Å²) in [5.74, 6) is 0.582. The SMILES string of the molecule is COc1cc(C(=O)NC(=S)Nc2ccccc2-c2nc3ccccc3s2)ccc1OCc1ccc(Cl)cc1. The van der Waals surface area contributed by atoms with Crippen LogP contribution in [0.2, 0.25) is 5.02 Å². The maximum Gasteiger partial charge on any atom is 0.257 e. The topological polar surface area (TPSA) is 72.5 Å². The summed E-state index contributed by atoms with van der Waals surface area (Å²) in [6.07, 6.45) is 0. The van der Waals surface area contributed by atoms with E-state index in [0.717, 1.165) is 32.0 Å². The molecule has 6 nitrogen and oxygen atoms in total. The molecule has 0 aliphatic rings. The average molecular weight is 560 g/mol. The second-order valence-electron chi connectivity index (χ2n) is 8.22. The summed E-state index contributed by atoms with van der Waals surface area (Å²) in [5, 5.41) is 7.57. The Labute approximate surface area is 234 Å². The number of methoxy groups -OCH3 is 1. The molecule has 190 valence electrons. The number of rotatable bonds is 7. The lowest BCUT2D eigenvalue weighted by atomic mass is 10.2. The van der Waals surface area contributed by atoms with Gasteiger partial charge in [0.2, 0.25) is 0 Å². The van der Waals surface area contributed by atoms with Crippen molar-refractivity contribution >= 4 is 62.1 Å². The second-order valence-corrected chi connectivity index (χ2v) is 10.1. The van der Waals surface area contributed by atoms with Crippen molar-refractivity contribution in [1.29, 1.82) is 0 Å². The van der Waals surface area contributed by atoms with E-state index in [4.69, 9.17) is 38.3 Å². The lowest BCUT2D eigenvalue weighted by Gasteiger charge is -2.14. The van der Waals surface area contributed by atoms with E-state index < -0.39 is 0 Å². The molecule has 9 heteroatoms. The fourth-order valence-electron chi connectivity index (χ4n) is 3.76. The maximum atomic E-state index is 13.0. The number of benzene rings is 4. The Balaban J connectivity index is 1.26. The molecule has 0 radical (unpaired) electrons. The summed E-state index contributed by atoms with van der Waals surface area (Å²) in [5.41, 5.74) is 3.92. The van der Waals surface area contributed by atoms with E-state index in [-0.39, 0.29) is 11.0 Å².